The van der Waals surface area contributed by atoms with E-state index in [1.807, 2.05) is 0 Å². The van der Waals surface area contributed by atoms with Gasteiger partial charge >= 0.3 is 0 Å². The summed E-state index contributed by atoms with van der Waals surface area (Å²) in [4.78, 5) is 10.1. The van der Waals surface area contributed by atoms with Crippen molar-refractivity contribution in [1.29, 1.82) is 0 Å². The van der Waals surface area contributed by atoms with Crippen LogP contribution in [0, 0.1) is 12.7 Å². The first-order valence-electron chi connectivity index (χ1n) is 4.15. The smallest absolute Gasteiger partial charge is 0.142 e. The van der Waals surface area contributed by atoms with Crippen molar-refractivity contribution >= 4 is 12.4 Å². The molecular weight excluding hydrogens is 183 g/mol. The Morgan fingerprint density at radius 3 is 2.71 bits per heavy atom. The van der Waals surface area contributed by atoms with Gasteiger partial charge in [-0.1, -0.05) is 0 Å². The van der Waals surface area contributed by atoms with Crippen molar-refractivity contribution in [2.24, 2.45) is 0 Å². The number of halogens is 1. The SMILES string of the molecule is COc1cc(C)cc(F)c1/C=C/C=O. The Kier molecular flexibility index (Phi) is 3.40. The van der Waals surface area contributed by atoms with Crippen LogP contribution in [-0.4, -0.2) is 13.4 Å². The van der Waals surface area contributed by atoms with Gasteiger partial charge in [0.15, 0.2) is 0 Å². The van der Waals surface area contributed by atoms with Gasteiger partial charge in [-0.3, -0.25) is 4.79 Å². The van der Waals surface area contributed by atoms with Gasteiger partial charge < -0.3 is 4.74 Å². The zero-order valence-electron chi connectivity index (χ0n) is 8.08. The Hall–Kier alpha value is -1.64. The molecule has 0 aliphatic carbocycles. The molecule has 0 unspecified atom stereocenters. The minimum atomic E-state index is -0.389. The third-order valence-electron chi connectivity index (χ3n) is 1.80. The van der Waals surface area contributed by atoms with Gasteiger partial charge in [0, 0.05) is 0 Å². The molecule has 0 aromatic heterocycles. The first-order valence-corrected chi connectivity index (χ1v) is 4.15. The number of ether oxygens (including phenoxy) is 1. The minimum Gasteiger partial charge on any atom is -0.496 e. The lowest BCUT2D eigenvalue weighted by atomic mass is 10.1. The van der Waals surface area contributed by atoms with E-state index >= 15 is 0 Å². The average molecular weight is 194 g/mol. The van der Waals surface area contributed by atoms with E-state index in [-0.39, 0.29) is 5.82 Å². The first-order chi connectivity index (χ1) is 6.69. The van der Waals surface area contributed by atoms with Gasteiger partial charge in [-0.15, -0.1) is 0 Å². The fourth-order valence-corrected chi connectivity index (χ4v) is 1.19. The Morgan fingerprint density at radius 1 is 1.43 bits per heavy atom. The molecule has 0 saturated carbocycles. The number of aldehydes is 1. The zero-order valence-corrected chi connectivity index (χ0v) is 8.08. The summed E-state index contributed by atoms with van der Waals surface area (Å²) in [7, 11) is 1.46. The van der Waals surface area contributed by atoms with Crippen LogP contribution in [0.2, 0.25) is 0 Å². The van der Waals surface area contributed by atoms with E-state index in [9.17, 15) is 9.18 Å². The molecule has 0 radical (unpaired) electrons. The highest BCUT2D eigenvalue weighted by Gasteiger charge is 2.06. The summed E-state index contributed by atoms with van der Waals surface area (Å²) in [5.41, 5.74) is 1.08. The minimum absolute atomic E-state index is 0.296. The zero-order chi connectivity index (χ0) is 10.6. The summed E-state index contributed by atoms with van der Waals surface area (Å²) in [5.74, 6) is 0.0422. The molecular formula is C11H11FO2. The average Bonchev–Trinajstić information content (AvgIpc) is 2.15. The predicted molar refractivity (Wildman–Crippen MR) is 52.8 cm³/mol. The van der Waals surface area contributed by atoms with Crippen LogP contribution in [0.15, 0.2) is 18.2 Å². The standard InChI is InChI=1S/C11H11FO2/c1-8-6-10(12)9(4-3-5-13)11(7-8)14-2/h3-7H,1-2H3/b4-3+. The van der Waals surface area contributed by atoms with Crippen molar-refractivity contribution in [2.75, 3.05) is 7.11 Å². The first kappa shape index (κ1) is 10.4. The third-order valence-corrected chi connectivity index (χ3v) is 1.80. The van der Waals surface area contributed by atoms with E-state index in [2.05, 4.69) is 0 Å². The number of carbonyl (C=O) groups is 1. The van der Waals surface area contributed by atoms with Crippen LogP contribution < -0.4 is 4.74 Å². The van der Waals surface area contributed by atoms with E-state index < -0.39 is 0 Å². The van der Waals surface area contributed by atoms with Gasteiger partial charge in [-0.25, -0.2) is 4.39 Å². The second kappa shape index (κ2) is 4.56. The number of aryl methyl sites for hydroxylation is 1. The number of methoxy groups -OCH3 is 1. The van der Waals surface area contributed by atoms with Gasteiger partial charge in [0.05, 0.1) is 12.7 Å². The van der Waals surface area contributed by atoms with Gasteiger partial charge in [0.25, 0.3) is 0 Å². The molecule has 0 heterocycles. The molecule has 0 aliphatic heterocycles. The number of hydrogen-bond donors (Lipinski definition) is 0. The summed E-state index contributed by atoms with van der Waals surface area (Å²) in [6, 6.07) is 3.11. The molecule has 1 rings (SSSR count). The van der Waals surface area contributed by atoms with Crippen LogP contribution >= 0.6 is 0 Å². The Labute approximate surface area is 82.0 Å². The molecule has 0 fully saturated rings. The van der Waals surface area contributed by atoms with Crippen molar-refractivity contribution in [3.63, 3.8) is 0 Å². The molecule has 0 spiro atoms. The highest BCUT2D eigenvalue weighted by molar-refractivity contribution is 5.75. The maximum absolute atomic E-state index is 13.4. The van der Waals surface area contributed by atoms with Gasteiger partial charge in [0.2, 0.25) is 0 Å². The van der Waals surface area contributed by atoms with Crippen LogP contribution in [-0.2, 0) is 4.79 Å². The monoisotopic (exact) mass is 194 g/mol. The molecule has 0 aliphatic rings. The fraction of sp³-hybridized carbons (Fsp3) is 0.182. The van der Waals surface area contributed by atoms with Crippen molar-refractivity contribution in [3.8, 4) is 5.75 Å². The van der Waals surface area contributed by atoms with E-state index in [1.54, 1.807) is 13.0 Å². The molecule has 0 amide bonds. The van der Waals surface area contributed by atoms with E-state index in [0.29, 0.717) is 17.6 Å². The number of benzene rings is 1. The topological polar surface area (TPSA) is 26.3 Å². The van der Waals surface area contributed by atoms with E-state index in [0.717, 1.165) is 5.56 Å². The molecule has 0 saturated heterocycles. The summed E-state index contributed by atoms with van der Waals surface area (Å²) in [5, 5.41) is 0. The molecule has 1 aromatic rings. The van der Waals surface area contributed by atoms with Crippen molar-refractivity contribution < 1.29 is 13.9 Å². The van der Waals surface area contributed by atoms with Crippen LogP contribution in [0.1, 0.15) is 11.1 Å². The molecule has 0 bridgehead atoms. The molecule has 14 heavy (non-hydrogen) atoms. The summed E-state index contributed by atoms with van der Waals surface area (Å²) in [6.07, 6.45) is 3.22. The maximum atomic E-state index is 13.4. The molecule has 2 nitrogen and oxygen atoms in total. The largest absolute Gasteiger partial charge is 0.496 e. The van der Waals surface area contributed by atoms with Crippen molar-refractivity contribution in [2.45, 2.75) is 6.92 Å². The third kappa shape index (κ3) is 2.19. The normalized spacial score (nSPS) is 10.5. The number of rotatable bonds is 3. The summed E-state index contributed by atoms with van der Waals surface area (Å²) < 4.78 is 18.4. The number of allylic oxidation sites excluding steroid dienone is 1. The lowest BCUT2D eigenvalue weighted by molar-refractivity contribution is -0.104. The second-order valence-electron chi connectivity index (χ2n) is 2.86. The van der Waals surface area contributed by atoms with E-state index in [4.69, 9.17) is 4.74 Å². The second-order valence-corrected chi connectivity index (χ2v) is 2.86. The van der Waals surface area contributed by atoms with Gasteiger partial charge in [-0.2, -0.15) is 0 Å². The summed E-state index contributed by atoms with van der Waals surface area (Å²) in [6.45, 7) is 1.78. The number of carbonyl (C=O) groups excluding carboxylic acids is 1. The van der Waals surface area contributed by atoms with Gasteiger partial charge in [-0.05, 0) is 36.8 Å². The Morgan fingerprint density at radius 2 is 2.14 bits per heavy atom. The summed E-state index contributed by atoms with van der Waals surface area (Å²) >= 11 is 0. The molecule has 0 atom stereocenters. The number of hydrogen-bond acceptors (Lipinski definition) is 2. The molecule has 0 N–H and O–H groups in total. The van der Waals surface area contributed by atoms with Crippen LogP contribution in [0.4, 0.5) is 4.39 Å². The highest BCUT2D eigenvalue weighted by atomic mass is 19.1. The Bertz CT molecular complexity index is 370. The quantitative estimate of drug-likeness (QED) is 0.545. The predicted octanol–water partition coefficient (Wildman–Crippen LogP) is 2.35. The van der Waals surface area contributed by atoms with Crippen LogP contribution in [0.5, 0.6) is 5.75 Å². The van der Waals surface area contributed by atoms with Gasteiger partial charge in [0.1, 0.15) is 17.9 Å². The molecule has 3 heteroatoms. The lowest BCUT2D eigenvalue weighted by Crippen LogP contribution is -1.92. The fourth-order valence-electron chi connectivity index (χ4n) is 1.19. The lowest BCUT2D eigenvalue weighted by Gasteiger charge is -2.06. The Balaban J connectivity index is 3.24. The van der Waals surface area contributed by atoms with Crippen molar-refractivity contribution in [3.05, 3.63) is 35.2 Å². The maximum Gasteiger partial charge on any atom is 0.142 e. The van der Waals surface area contributed by atoms with Crippen molar-refractivity contribution in [1.82, 2.24) is 0 Å². The molecule has 1 aromatic carbocycles. The molecule has 74 valence electrons. The highest BCUT2D eigenvalue weighted by Crippen LogP contribution is 2.24. The van der Waals surface area contributed by atoms with E-state index in [1.165, 1.54) is 25.3 Å². The van der Waals surface area contributed by atoms with Crippen LogP contribution in [0.3, 0.4) is 0 Å². The van der Waals surface area contributed by atoms with Crippen LogP contribution in [0.25, 0.3) is 6.08 Å².